The first kappa shape index (κ1) is 15.5. The molecular formula is C16H19ClN2O2. The third-order valence-corrected chi connectivity index (χ3v) is 3.45. The number of nitrogens with one attached hydrogen (secondary N) is 1. The summed E-state index contributed by atoms with van der Waals surface area (Å²) in [5.41, 5.74) is 7.83. The van der Waals surface area contributed by atoms with Gasteiger partial charge in [-0.05, 0) is 35.9 Å². The molecular weight excluding hydrogens is 288 g/mol. The zero-order valence-electron chi connectivity index (χ0n) is 12.1. The largest absolute Gasteiger partial charge is 0.493 e. The minimum atomic E-state index is -0.0386. The summed E-state index contributed by atoms with van der Waals surface area (Å²) < 4.78 is 10.6. The van der Waals surface area contributed by atoms with Crippen molar-refractivity contribution in [2.45, 2.75) is 6.04 Å². The van der Waals surface area contributed by atoms with Crippen molar-refractivity contribution in [1.82, 2.24) is 0 Å². The van der Waals surface area contributed by atoms with Crippen LogP contribution in [0.5, 0.6) is 11.5 Å². The van der Waals surface area contributed by atoms with Crippen LogP contribution >= 0.6 is 11.6 Å². The second-order valence-electron chi connectivity index (χ2n) is 4.56. The molecule has 0 spiro atoms. The predicted octanol–water partition coefficient (Wildman–Crippen LogP) is 3.47. The van der Waals surface area contributed by atoms with Crippen LogP contribution in [0.1, 0.15) is 11.6 Å². The second kappa shape index (κ2) is 7.20. The Labute approximate surface area is 129 Å². The van der Waals surface area contributed by atoms with Crippen LogP contribution in [0.25, 0.3) is 0 Å². The van der Waals surface area contributed by atoms with Gasteiger partial charge in [0, 0.05) is 17.3 Å². The maximum atomic E-state index is 6.00. The van der Waals surface area contributed by atoms with Gasteiger partial charge in [0.15, 0.2) is 11.5 Å². The first-order valence-corrected chi connectivity index (χ1v) is 6.99. The van der Waals surface area contributed by atoms with E-state index in [1.165, 1.54) is 0 Å². The molecule has 0 radical (unpaired) electrons. The maximum absolute atomic E-state index is 6.00. The van der Waals surface area contributed by atoms with Crippen LogP contribution in [0.2, 0.25) is 5.02 Å². The lowest BCUT2D eigenvalue weighted by Gasteiger charge is -2.20. The van der Waals surface area contributed by atoms with E-state index in [0.717, 1.165) is 11.3 Å². The van der Waals surface area contributed by atoms with Crippen LogP contribution in [0.3, 0.4) is 0 Å². The van der Waals surface area contributed by atoms with E-state index in [4.69, 9.17) is 26.8 Å². The molecule has 1 unspecified atom stereocenters. The molecule has 21 heavy (non-hydrogen) atoms. The number of hydrogen-bond donors (Lipinski definition) is 2. The van der Waals surface area contributed by atoms with Gasteiger partial charge in [0.05, 0.1) is 20.3 Å². The highest BCUT2D eigenvalue weighted by atomic mass is 35.5. The summed E-state index contributed by atoms with van der Waals surface area (Å²) in [6, 6.07) is 13.3. The van der Waals surface area contributed by atoms with E-state index in [0.29, 0.717) is 23.1 Å². The second-order valence-corrected chi connectivity index (χ2v) is 4.99. The van der Waals surface area contributed by atoms with Crippen LogP contribution in [-0.4, -0.2) is 20.8 Å². The quantitative estimate of drug-likeness (QED) is 0.858. The SMILES string of the molecule is COc1ccc(C(CN)Nc2cccc(Cl)c2)cc1OC. The number of rotatable bonds is 6. The molecule has 0 bridgehead atoms. The standard InChI is InChI=1S/C16H19ClN2O2/c1-20-15-7-6-11(8-16(15)21-2)14(10-18)19-13-5-3-4-12(17)9-13/h3-9,14,19H,10,18H2,1-2H3. The molecule has 2 rings (SSSR count). The lowest BCUT2D eigenvalue weighted by atomic mass is 10.1. The molecule has 0 amide bonds. The van der Waals surface area contributed by atoms with E-state index < -0.39 is 0 Å². The van der Waals surface area contributed by atoms with Gasteiger partial charge < -0.3 is 20.5 Å². The highest BCUT2D eigenvalue weighted by Gasteiger charge is 2.13. The van der Waals surface area contributed by atoms with Crippen molar-refractivity contribution in [3.8, 4) is 11.5 Å². The Morgan fingerprint density at radius 1 is 1.10 bits per heavy atom. The van der Waals surface area contributed by atoms with Gasteiger partial charge in [-0.25, -0.2) is 0 Å². The summed E-state index contributed by atoms with van der Waals surface area (Å²) in [7, 11) is 3.23. The van der Waals surface area contributed by atoms with E-state index in [1.807, 2.05) is 42.5 Å². The van der Waals surface area contributed by atoms with E-state index in [9.17, 15) is 0 Å². The summed E-state index contributed by atoms with van der Waals surface area (Å²) in [4.78, 5) is 0. The van der Waals surface area contributed by atoms with Crippen LogP contribution in [0, 0.1) is 0 Å². The average molecular weight is 307 g/mol. The van der Waals surface area contributed by atoms with Crippen LogP contribution in [0.15, 0.2) is 42.5 Å². The summed E-state index contributed by atoms with van der Waals surface area (Å²) in [6.45, 7) is 0.446. The first-order valence-electron chi connectivity index (χ1n) is 6.62. The van der Waals surface area contributed by atoms with E-state index in [1.54, 1.807) is 14.2 Å². The molecule has 0 aromatic heterocycles. The van der Waals surface area contributed by atoms with Crippen LogP contribution < -0.4 is 20.5 Å². The van der Waals surface area contributed by atoms with Gasteiger partial charge in [0.1, 0.15) is 0 Å². The fourth-order valence-corrected chi connectivity index (χ4v) is 2.32. The smallest absolute Gasteiger partial charge is 0.161 e. The Hall–Kier alpha value is -1.91. The van der Waals surface area contributed by atoms with Gasteiger partial charge in [0.25, 0.3) is 0 Å². The van der Waals surface area contributed by atoms with Crippen LogP contribution in [-0.2, 0) is 0 Å². The molecule has 0 saturated carbocycles. The fourth-order valence-electron chi connectivity index (χ4n) is 2.13. The van der Waals surface area contributed by atoms with Crippen molar-refractivity contribution >= 4 is 17.3 Å². The van der Waals surface area contributed by atoms with Crippen molar-refractivity contribution in [2.75, 3.05) is 26.1 Å². The molecule has 0 aliphatic rings. The zero-order chi connectivity index (χ0) is 15.2. The summed E-state index contributed by atoms with van der Waals surface area (Å²) in [5, 5.41) is 4.05. The predicted molar refractivity (Wildman–Crippen MR) is 86.4 cm³/mol. The molecule has 5 heteroatoms. The number of hydrogen-bond acceptors (Lipinski definition) is 4. The highest BCUT2D eigenvalue weighted by Crippen LogP contribution is 2.31. The fraction of sp³-hybridized carbons (Fsp3) is 0.250. The number of benzene rings is 2. The topological polar surface area (TPSA) is 56.5 Å². The van der Waals surface area contributed by atoms with Gasteiger partial charge >= 0.3 is 0 Å². The molecule has 0 heterocycles. The third kappa shape index (κ3) is 3.80. The van der Waals surface area contributed by atoms with Crippen molar-refractivity contribution in [2.24, 2.45) is 5.73 Å². The highest BCUT2D eigenvalue weighted by molar-refractivity contribution is 6.30. The molecule has 4 nitrogen and oxygen atoms in total. The van der Waals surface area contributed by atoms with Crippen molar-refractivity contribution in [3.63, 3.8) is 0 Å². The van der Waals surface area contributed by atoms with E-state index in [-0.39, 0.29) is 6.04 Å². The maximum Gasteiger partial charge on any atom is 0.161 e. The van der Waals surface area contributed by atoms with Gasteiger partial charge in [-0.3, -0.25) is 0 Å². The molecule has 3 N–H and O–H groups in total. The molecule has 112 valence electrons. The molecule has 0 fully saturated rings. The van der Waals surface area contributed by atoms with Crippen molar-refractivity contribution < 1.29 is 9.47 Å². The Balaban J connectivity index is 2.25. The van der Waals surface area contributed by atoms with Crippen LogP contribution in [0.4, 0.5) is 5.69 Å². The molecule has 2 aromatic rings. The number of ether oxygens (including phenoxy) is 2. The Morgan fingerprint density at radius 3 is 2.48 bits per heavy atom. The van der Waals surface area contributed by atoms with Gasteiger partial charge in [-0.15, -0.1) is 0 Å². The lowest BCUT2D eigenvalue weighted by Crippen LogP contribution is -2.20. The Bertz CT molecular complexity index is 605. The van der Waals surface area contributed by atoms with E-state index >= 15 is 0 Å². The van der Waals surface area contributed by atoms with E-state index in [2.05, 4.69) is 5.32 Å². The Kier molecular flexibility index (Phi) is 5.31. The van der Waals surface area contributed by atoms with Crippen molar-refractivity contribution in [1.29, 1.82) is 0 Å². The molecule has 1 atom stereocenters. The summed E-state index contributed by atoms with van der Waals surface area (Å²) in [6.07, 6.45) is 0. The lowest BCUT2D eigenvalue weighted by molar-refractivity contribution is 0.354. The number of halogens is 1. The average Bonchev–Trinajstić information content (AvgIpc) is 2.52. The monoisotopic (exact) mass is 306 g/mol. The van der Waals surface area contributed by atoms with Gasteiger partial charge in [0.2, 0.25) is 0 Å². The minimum Gasteiger partial charge on any atom is -0.493 e. The van der Waals surface area contributed by atoms with Gasteiger partial charge in [-0.1, -0.05) is 23.7 Å². The number of methoxy groups -OCH3 is 2. The van der Waals surface area contributed by atoms with Gasteiger partial charge in [-0.2, -0.15) is 0 Å². The molecule has 0 aliphatic heterocycles. The zero-order valence-corrected chi connectivity index (χ0v) is 12.9. The molecule has 2 aromatic carbocycles. The molecule has 0 aliphatic carbocycles. The minimum absolute atomic E-state index is 0.0386. The summed E-state index contributed by atoms with van der Waals surface area (Å²) in [5.74, 6) is 1.38. The number of nitrogens with two attached hydrogens (primary N) is 1. The normalized spacial score (nSPS) is 11.8. The number of anilines is 1. The molecule has 0 saturated heterocycles. The summed E-state index contributed by atoms with van der Waals surface area (Å²) >= 11 is 6.00. The van der Waals surface area contributed by atoms with Crippen molar-refractivity contribution in [3.05, 3.63) is 53.1 Å². The third-order valence-electron chi connectivity index (χ3n) is 3.21. The Morgan fingerprint density at radius 2 is 1.86 bits per heavy atom. The first-order chi connectivity index (χ1) is 10.2.